The van der Waals surface area contributed by atoms with Crippen LogP contribution in [0.5, 0.6) is 0 Å². The van der Waals surface area contributed by atoms with Gasteiger partial charge in [-0.3, -0.25) is 0 Å². The zero-order valence-corrected chi connectivity index (χ0v) is 16.4. The second-order valence-corrected chi connectivity index (χ2v) is 9.10. The Labute approximate surface area is 168 Å². The maximum atomic E-state index is 6.57. The third-order valence-electron chi connectivity index (χ3n) is 7.69. The molecule has 3 heterocycles. The van der Waals surface area contributed by atoms with E-state index < -0.39 is 0 Å². The molecule has 3 aromatic carbocycles. The van der Waals surface area contributed by atoms with Gasteiger partial charge in [0.05, 0.1) is 17.1 Å². The second kappa shape index (κ2) is 4.51. The molecule has 3 unspecified atom stereocenters. The molecular weight excluding hydrogens is 356 g/mol. The van der Waals surface area contributed by atoms with E-state index in [9.17, 15) is 0 Å². The van der Waals surface area contributed by atoms with Crippen molar-refractivity contribution in [3.05, 3.63) is 76.9 Å². The molecule has 0 amide bonds. The minimum atomic E-state index is 0.353. The van der Waals surface area contributed by atoms with E-state index in [0.717, 1.165) is 11.2 Å². The Hall–Kier alpha value is -3.20. The van der Waals surface area contributed by atoms with E-state index in [2.05, 4.69) is 78.4 Å². The van der Waals surface area contributed by atoms with Gasteiger partial charge in [0.1, 0.15) is 11.7 Å². The molecule has 8 rings (SSSR count). The maximum Gasteiger partial charge on any atom is 0.159 e. The molecule has 3 nitrogen and oxygen atoms in total. The summed E-state index contributed by atoms with van der Waals surface area (Å²) in [5.74, 6) is 1.18. The molecule has 140 valence electrons. The lowest BCUT2D eigenvalue weighted by atomic mass is 9.71. The Bertz CT molecular complexity index is 1440. The summed E-state index contributed by atoms with van der Waals surface area (Å²) in [5, 5.41) is 2.44. The van der Waals surface area contributed by atoms with Crippen LogP contribution < -0.4 is 9.80 Å². The van der Waals surface area contributed by atoms with Crippen molar-refractivity contribution in [2.75, 3.05) is 16.8 Å². The quantitative estimate of drug-likeness (QED) is 0.339. The number of fused-ring (bicyclic) bond motifs is 14. The number of anilines is 3. The maximum absolute atomic E-state index is 6.57. The van der Waals surface area contributed by atoms with Crippen LogP contribution in [0.15, 0.2) is 70.2 Å². The topological polar surface area (TPSA) is 19.6 Å². The van der Waals surface area contributed by atoms with Gasteiger partial charge in [-0.25, -0.2) is 0 Å². The van der Waals surface area contributed by atoms with Crippen LogP contribution in [0, 0.1) is 12.8 Å². The van der Waals surface area contributed by atoms with Crippen LogP contribution in [-0.2, 0) is 0 Å². The average molecular weight is 376 g/mol. The molecule has 4 aliphatic rings. The predicted molar refractivity (Wildman–Crippen MR) is 117 cm³/mol. The first-order valence-electron chi connectivity index (χ1n) is 10.5. The van der Waals surface area contributed by atoms with Crippen LogP contribution in [0.2, 0.25) is 0 Å². The lowest BCUT2D eigenvalue weighted by Crippen LogP contribution is -2.51. The first-order chi connectivity index (χ1) is 14.2. The van der Waals surface area contributed by atoms with Crippen molar-refractivity contribution in [3.8, 4) is 0 Å². The first kappa shape index (κ1) is 14.7. The van der Waals surface area contributed by atoms with Crippen LogP contribution in [0.4, 0.5) is 17.1 Å². The molecule has 0 saturated heterocycles. The fourth-order valence-electron chi connectivity index (χ4n) is 6.38. The monoisotopic (exact) mass is 376 g/mol. The molecule has 0 radical (unpaired) electrons. The van der Waals surface area contributed by atoms with Gasteiger partial charge in [-0.15, -0.1) is 0 Å². The molecule has 0 spiro atoms. The van der Waals surface area contributed by atoms with Gasteiger partial charge in [0.25, 0.3) is 0 Å². The summed E-state index contributed by atoms with van der Waals surface area (Å²) < 4.78 is 6.57. The molecule has 1 aromatic heterocycles. The summed E-state index contributed by atoms with van der Waals surface area (Å²) in [7, 11) is 2.26. The van der Waals surface area contributed by atoms with E-state index in [4.69, 9.17) is 4.42 Å². The average Bonchev–Trinajstić information content (AvgIpc) is 3.18. The molecule has 2 aliphatic carbocycles. The van der Waals surface area contributed by atoms with Gasteiger partial charge in [-0.2, -0.15) is 0 Å². The third-order valence-corrected chi connectivity index (χ3v) is 7.69. The molecule has 0 fully saturated rings. The zero-order valence-electron chi connectivity index (χ0n) is 16.4. The summed E-state index contributed by atoms with van der Waals surface area (Å²) in [6, 6.07) is 20.1. The van der Waals surface area contributed by atoms with Gasteiger partial charge in [0, 0.05) is 29.7 Å². The van der Waals surface area contributed by atoms with E-state index in [1.807, 2.05) is 0 Å². The normalized spacial score (nSPS) is 25.5. The number of hydrogen-bond donors (Lipinski definition) is 0. The Morgan fingerprint density at radius 2 is 1.76 bits per heavy atom. The molecule has 3 heteroatoms. The minimum Gasteiger partial charge on any atom is -0.454 e. The highest BCUT2D eigenvalue weighted by molar-refractivity contribution is 6.11. The van der Waals surface area contributed by atoms with Crippen LogP contribution in [0.3, 0.4) is 0 Å². The molecule has 3 atom stereocenters. The molecule has 4 aromatic rings. The Morgan fingerprint density at radius 3 is 2.66 bits per heavy atom. The number of allylic oxidation sites excluding steroid dienone is 1. The molecule has 2 aliphatic heterocycles. The van der Waals surface area contributed by atoms with Crippen molar-refractivity contribution < 1.29 is 4.42 Å². The zero-order chi connectivity index (χ0) is 19.0. The summed E-state index contributed by atoms with van der Waals surface area (Å²) in [4.78, 5) is 5.06. The van der Waals surface area contributed by atoms with Crippen molar-refractivity contribution in [3.63, 3.8) is 0 Å². The number of benzene rings is 3. The van der Waals surface area contributed by atoms with Crippen molar-refractivity contribution >= 4 is 39.0 Å². The van der Waals surface area contributed by atoms with Gasteiger partial charge in [0.15, 0.2) is 5.58 Å². The number of rotatable bonds is 0. The Kier molecular flexibility index (Phi) is 2.29. The fourth-order valence-corrected chi connectivity index (χ4v) is 6.38. The van der Waals surface area contributed by atoms with Crippen molar-refractivity contribution in [2.45, 2.75) is 25.4 Å². The molecule has 0 bridgehead atoms. The summed E-state index contributed by atoms with van der Waals surface area (Å²) in [6.07, 6.45) is 1.59. The van der Waals surface area contributed by atoms with E-state index >= 15 is 0 Å². The number of hydrogen-bond acceptors (Lipinski definition) is 3. The highest BCUT2D eigenvalue weighted by atomic mass is 16.3. The van der Waals surface area contributed by atoms with Gasteiger partial charge in [-0.05, 0) is 42.7 Å². The van der Waals surface area contributed by atoms with Crippen LogP contribution >= 0.6 is 0 Å². The van der Waals surface area contributed by atoms with E-state index in [1.165, 1.54) is 45.4 Å². The van der Waals surface area contributed by atoms with Gasteiger partial charge < -0.3 is 14.2 Å². The summed E-state index contributed by atoms with van der Waals surface area (Å²) in [6.45, 7) is 2.13. The lowest BCUT2D eigenvalue weighted by Gasteiger charge is -2.47. The molecule has 0 N–H and O–H groups in total. The van der Waals surface area contributed by atoms with Gasteiger partial charge in [-0.1, -0.05) is 47.5 Å². The van der Waals surface area contributed by atoms with Gasteiger partial charge >= 0.3 is 0 Å². The standard InChI is InChI=1S/C26H20N2O/c1-13-7-8-14-15-9-10-16-22-17-12-18(17)23(22)26-27(2)19-5-3-4-6-20(19)28(26)24(16)25(15)29-21(14)11-13/h3-11,22-23,26H,12H2,1-2H3. The van der Waals surface area contributed by atoms with E-state index in [-0.39, 0.29) is 0 Å². The molecule has 0 saturated carbocycles. The van der Waals surface area contributed by atoms with E-state index in [0.29, 0.717) is 18.0 Å². The highest BCUT2D eigenvalue weighted by Crippen LogP contribution is 2.70. The summed E-state index contributed by atoms with van der Waals surface area (Å²) >= 11 is 0. The van der Waals surface area contributed by atoms with Crippen LogP contribution in [0.1, 0.15) is 23.5 Å². The van der Waals surface area contributed by atoms with Crippen molar-refractivity contribution in [2.24, 2.45) is 5.92 Å². The minimum absolute atomic E-state index is 0.353. The number of para-hydroxylation sites is 2. The number of aryl methyl sites for hydroxylation is 1. The third kappa shape index (κ3) is 1.53. The Morgan fingerprint density at radius 1 is 0.931 bits per heavy atom. The lowest BCUT2D eigenvalue weighted by molar-refractivity contribution is 0.408. The first-order valence-corrected chi connectivity index (χ1v) is 10.5. The smallest absolute Gasteiger partial charge is 0.159 e. The fraction of sp³-hybridized carbons (Fsp3) is 0.231. The Balaban J connectivity index is 1.51. The highest BCUT2D eigenvalue weighted by Gasteiger charge is 2.61. The second-order valence-electron chi connectivity index (χ2n) is 9.10. The molecular formula is C26H20N2O. The predicted octanol–water partition coefficient (Wildman–Crippen LogP) is 6.24. The van der Waals surface area contributed by atoms with Crippen molar-refractivity contribution in [1.29, 1.82) is 0 Å². The number of furan rings is 1. The van der Waals surface area contributed by atoms with Crippen molar-refractivity contribution in [1.82, 2.24) is 0 Å². The number of nitrogens with zero attached hydrogens (tertiary/aromatic N) is 2. The summed E-state index contributed by atoms with van der Waals surface area (Å²) in [5.41, 5.74) is 12.0. The SMILES string of the molecule is Cc1ccc2c(c1)oc1c3c(ccc12)C1C2=C(C2)C1C1N(C)c2ccccc2N31. The van der Waals surface area contributed by atoms with E-state index in [1.54, 1.807) is 11.1 Å². The largest absolute Gasteiger partial charge is 0.454 e. The van der Waals surface area contributed by atoms with Crippen LogP contribution in [0.25, 0.3) is 21.9 Å². The van der Waals surface area contributed by atoms with Gasteiger partial charge in [0.2, 0.25) is 0 Å². The van der Waals surface area contributed by atoms with Crippen LogP contribution in [-0.4, -0.2) is 13.2 Å². The molecule has 29 heavy (non-hydrogen) atoms.